The topological polar surface area (TPSA) is 39.2 Å². The van der Waals surface area contributed by atoms with Gasteiger partial charge in [-0.3, -0.25) is 4.79 Å². The number of carbonyl (C=O) groups is 1. The Morgan fingerprint density at radius 2 is 2.06 bits per heavy atom. The number of aromatic nitrogens is 1. The van der Waals surface area contributed by atoms with Crippen molar-refractivity contribution < 1.29 is 9.53 Å². The van der Waals surface area contributed by atoms with E-state index in [2.05, 4.69) is 4.98 Å². The Morgan fingerprint density at radius 3 is 2.78 bits per heavy atom. The molecule has 0 unspecified atom stereocenters. The molecule has 2 aromatic rings. The van der Waals surface area contributed by atoms with Crippen LogP contribution in [0.1, 0.15) is 22.8 Å². The Labute approximate surface area is 110 Å². The summed E-state index contributed by atoms with van der Waals surface area (Å²) in [5.74, 6) is 0.266. The molecule has 0 bridgehead atoms. The van der Waals surface area contributed by atoms with Gasteiger partial charge in [-0.25, -0.2) is 4.98 Å². The number of hydrogen-bond donors (Lipinski definition) is 0. The van der Waals surface area contributed by atoms with Gasteiger partial charge >= 0.3 is 0 Å². The number of nitrogens with zero attached hydrogens (tertiary/aromatic N) is 1. The molecule has 4 heteroatoms. The van der Waals surface area contributed by atoms with E-state index in [1.54, 1.807) is 24.4 Å². The van der Waals surface area contributed by atoms with E-state index < -0.39 is 0 Å². The maximum Gasteiger partial charge on any atom is 0.224 e. The largest absolute Gasteiger partial charge is 0.472 e. The van der Waals surface area contributed by atoms with Crippen molar-refractivity contribution in [1.29, 1.82) is 0 Å². The monoisotopic (exact) mass is 261 g/mol. The van der Waals surface area contributed by atoms with Gasteiger partial charge in [0.15, 0.2) is 5.78 Å². The van der Waals surface area contributed by atoms with E-state index in [0.717, 1.165) is 5.56 Å². The summed E-state index contributed by atoms with van der Waals surface area (Å²) in [6.07, 6.45) is 1.59. The van der Waals surface area contributed by atoms with Gasteiger partial charge in [0.05, 0.1) is 5.56 Å². The Morgan fingerprint density at radius 1 is 1.28 bits per heavy atom. The van der Waals surface area contributed by atoms with E-state index in [0.29, 0.717) is 16.5 Å². The van der Waals surface area contributed by atoms with Crippen LogP contribution in [0.15, 0.2) is 42.6 Å². The van der Waals surface area contributed by atoms with Crippen LogP contribution in [0, 0.1) is 0 Å². The Balaban J connectivity index is 2.16. The highest BCUT2D eigenvalue weighted by molar-refractivity contribution is 6.31. The SMILES string of the molecule is CC(=O)c1cccnc1OCc1ccccc1Cl. The molecule has 2 rings (SSSR count). The third-order valence-corrected chi connectivity index (χ3v) is 2.84. The molecule has 0 atom stereocenters. The average molecular weight is 262 g/mol. The lowest BCUT2D eigenvalue weighted by Gasteiger charge is -2.09. The summed E-state index contributed by atoms with van der Waals surface area (Å²) in [7, 11) is 0. The zero-order chi connectivity index (χ0) is 13.0. The number of halogens is 1. The fraction of sp³-hybridized carbons (Fsp3) is 0.143. The van der Waals surface area contributed by atoms with Gasteiger partial charge in [-0.2, -0.15) is 0 Å². The molecule has 92 valence electrons. The van der Waals surface area contributed by atoms with E-state index >= 15 is 0 Å². The van der Waals surface area contributed by atoms with E-state index in [9.17, 15) is 4.79 Å². The van der Waals surface area contributed by atoms with E-state index in [1.807, 2.05) is 18.2 Å². The van der Waals surface area contributed by atoms with Crippen molar-refractivity contribution in [2.75, 3.05) is 0 Å². The number of ether oxygens (including phenoxy) is 1. The molecule has 0 saturated carbocycles. The molecular weight excluding hydrogens is 250 g/mol. The molecular formula is C14H12ClNO2. The van der Waals surface area contributed by atoms with Crippen LogP contribution in [0.25, 0.3) is 0 Å². The Kier molecular flexibility index (Phi) is 3.95. The molecule has 18 heavy (non-hydrogen) atoms. The van der Waals surface area contributed by atoms with Gasteiger partial charge in [0.25, 0.3) is 0 Å². The van der Waals surface area contributed by atoms with Crippen LogP contribution < -0.4 is 4.74 Å². The third kappa shape index (κ3) is 2.87. The minimum absolute atomic E-state index is 0.0720. The molecule has 1 heterocycles. The maximum absolute atomic E-state index is 11.4. The average Bonchev–Trinajstić information content (AvgIpc) is 2.38. The molecule has 1 aromatic carbocycles. The number of ketones is 1. The van der Waals surface area contributed by atoms with Gasteiger partial charge in [0.1, 0.15) is 6.61 Å². The van der Waals surface area contributed by atoms with Crippen molar-refractivity contribution in [2.24, 2.45) is 0 Å². The smallest absolute Gasteiger partial charge is 0.224 e. The van der Waals surface area contributed by atoms with Crippen LogP contribution in [-0.2, 0) is 6.61 Å². The van der Waals surface area contributed by atoms with Crippen LogP contribution in [0.3, 0.4) is 0 Å². The predicted octanol–water partition coefficient (Wildman–Crippen LogP) is 3.52. The molecule has 0 amide bonds. The van der Waals surface area contributed by atoms with Crippen molar-refractivity contribution in [1.82, 2.24) is 4.98 Å². The molecule has 3 nitrogen and oxygen atoms in total. The number of benzene rings is 1. The van der Waals surface area contributed by atoms with Gasteiger partial charge in [0, 0.05) is 16.8 Å². The van der Waals surface area contributed by atoms with Gasteiger partial charge in [-0.15, -0.1) is 0 Å². The highest BCUT2D eigenvalue weighted by Gasteiger charge is 2.09. The minimum atomic E-state index is -0.0720. The summed E-state index contributed by atoms with van der Waals surface area (Å²) in [6, 6.07) is 10.8. The number of carbonyl (C=O) groups excluding carboxylic acids is 1. The lowest BCUT2D eigenvalue weighted by Crippen LogP contribution is -2.03. The summed E-state index contributed by atoms with van der Waals surface area (Å²) in [4.78, 5) is 15.5. The van der Waals surface area contributed by atoms with Crippen LogP contribution in [0.5, 0.6) is 5.88 Å². The number of Topliss-reactive ketones (excluding diaryl/α,β-unsaturated/α-hetero) is 1. The van der Waals surface area contributed by atoms with Crippen molar-refractivity contribution in [3.8, 4) is 5.88 Å². The first-order chi connectivity index (χ1) is 8.68. The van der Waals surface area contributed by atoms with Gasteiger partial charge in [-0.1, -0.05) is 29.8 Å². The molecule has 0 aliphatic heterocycles. The van der Waals surface area contributed by atoms with Gasteiger partial charge < -0.3 is 4.74 Å². The molecule has 0 fully saturated rings. The molecule has 0 radical (unpaired) electrons. The second-order valence-corrected chi connectivity index (χ2v) is 4.20. The Hall–Kier alpha value is -1.87. The van der Waals surface area contributed by atoms with E-state index in [4.69, 9.17) is 16.3 Å². The highest BCUT2D eigenvalue weighted by Crippen LogP contribution is 2.20. The Bertz CT molecular complexity index is 569. The predicted molar refractivity (Wildman–Crippen MR) is 70.0 cm³/mol. The van der Waals surface area contributed by atoms with Crippen molar-refractivity contribution in [3.05, 3.63) is 58.7 Å². The molecule has 0 aliphatic carbocycles. The first-order valence-electron chi connectivity index (χ1n) is 5.50. The molecule has 0 N–H and O–H groups in total. The summed E-state index contributed by atoms with van der Waals surface area (Å²) >= 11 is 6.03. The number of pyridine rings is 1. The summed E-state index contributed by atoms with van der Waals surface area (Å²) < 4.78 is 5.55. The van der Waals surface area contributed by atoms with Crippen LogP contribution in [0.2, 0.25) is 5.02 Å². The van der Waals surface area contributed by atoms with Crippen LogP contribution in [0.4, 0.5) is 0 Å². The number of hydrogen-bond acceptors (Lipinski definition) is 3. The molecule has 0 aliphatic rings. The first-order valence-corrected chi connectivity index (χ1v) is 5.88. The normalized spacial score (nSPS) is 10.1. The lowest BCUT2D eigenvalue weighted by molar-refractivity contribution is 0.101. The fourth-order valence-electron chi connectivity index (χ4n) is 1.54. The van der Waals surface area contributed by atoms with Crippen LogP contribution >= 0.6 is 11.6 Å². The standard InChI is InChI=1S/C14H12ClNO2/c1-10(17)12-6-4-8-16-14(12)18-9-11-5-2-3-7-13(11)15/h2-8H,9H2,1H3. The minimum Gasteiger partial charge on any atom is -0.472 e. The van der Waals surface area contributed by atoms with Gasteiger partial charge in [0.2, 0.25) is 5.88 Å². The molecule has 0 saturated heterocycles. The van der Waals surface area contributed by atoms with Crippen molar-refractivity contribution in [3.63, 3.8) is 0 Å². The first kappa shape index (κ1) is 12.6. The second kappa shape index (κ2) is 5.65. The lowest BCUT2D eigenvalue weighted by atomic mass is 10.2. The van der Waals surface area contributed by atoms with E-state index in [-0.39, 0.29) is 12.4 Å². The van der Waals surface area contributed by atoms with E-state index in [1.165, 1.54) is 6.92 Å². The molecule has 1 aromatic heterocycles. The summed E-state index contributed by atoms with van der Waals surface area (Å²) in [6.45, 7) is 1.77. The third-order valence-electron chi connectivity index (χ3n) is 2.47. The summed E-state index contributed by atoms with van der Waals surface area (Å²) in [5.41, 5.74) is 1.34. The van der Waals surface area contributed by atoms with Crippen molar-refractivity contribution >= 4 is 17.4 Å². The quantitative estimate of drug-likeness (QED) is 0.791. The van der Waals surface area contributed by atoms with Gasteiger partial charge in [-0.05, 0) is 25.1 Å². The zero-order valence-electron chi connectivity index (χ0n) is 9.89. The highest BCUT2D eigenvalue weighted by atomic mass is 35.5. The second-order valence-electron chi connectivity index (χ2n) is 3.79. The zero-order valence-corrected chi connectivity index (χ0v) is 10.6. The van der Waals surface area contributed by atoms with Crippen LogP contribution in [-0.4, -0.2) is 10.8 Å². The number of rotatable bonds is 4. The maximum atomic E-state index is 11.4. The van der Waals surface area contributed by atoms with Crippen molar-refractivity contribution in [2.45, 2.75) is 13.5 Å². The molecule has 0 spiro atoms. The fourth-order valence-corrected chi connectivity index (χ4v) is 1.73. The summed E-state index contributed by atoms with van der Waals surface area (Å²) in [5, 5.41) is 0.637.